The van der Waals surface area contributed by atoms with Crippen LogP contribution in [0.5, 0.6) is 0 Å². The minimum Gasteiger partial charge on any atom is -0.364 e. The van der Waals surface area contributed by atoms with Crippen molar-refractivity contribution in [2.24, 2.45) is 21.7 Å². The first-order valence-corrected chi connectivity index (χ1v) is 9.55. The second-order valence-electron chi connectivity index (χ2n) is 5.99. The predicted octanol–water partition coefficient (Wildman–Crippen LogP) is 1.34. The van der Waals surface area contributed by atoms with Crippen molar-refractivity contribution in [3.05, 3.63) is 58.9 Å². The lowest BCUT2D eigenvalue weighted by molar-refractivity contribution is -0.114. The molecule has 0 fully saturated rings. The standard InChI is InChI=1S/C19H18N8O2S/c1-11-13(7-8-14(24-11)17(20)28)22-9-15(25-21)18(29)23-10-16-26-27-19(30-16)12-5-3-2-4-6-12/h2-9H,10,21H2,1H3,(H2,20,28)(H,23,29)/b22-9?,25-15+. The fourth-order valence-electron chi connectivity index (χ4n) is 2.38. The van der Waals surface area contributed by atoms with E-state index in [1.807, 2.05) is 30.3 Å². The van der Waals surface area contributed by atoms with Crippen molar-refractivity contribution in [2.45, 2.75) is 13.5 Å². The molecular formula is C19H18N8O2S. The highest BCUT2D eigenvalue weighted by atomic mass is 32.1. The average molecular weight is 422 g/mol. The lowest BCUT2D eigenvalue weighted by Gasteiger charge is -2.03. The third kappa shape index (κ3) is 5.08. The SMILES string of the molecule is Cc1nc(C(N)=O)ccc1N=C/C(=N\N)C(=O)NCc1nnc(-c2ccccc2)s1. The molecule has 3 aromatic rings. The number of nitrogens with zero attached hydrogens (tertiary/aromatic N) is 5. The molecular weight excluding hydrogens is 404 g/mol. The van der Waals surface area contributed by atoms with E-state index in [4.69, 9.17) is 11.6 Å². The van der Waals surface area contributed by atoms with E-state index in [1.165, 1.54) is 23.6 Å². The third-order valence-electron chi connectivity index (χ3n) is 3.90. The smallest absolute Gasteiger partial charge is 0.273 e. The van der Waals surface area contributed by atoms with E-state index in [2.05, 4.69) is 30.6 Å². The van der Waals surface area contributed by atoms with E-state index in [-0.39, 0.29) is 18.0 Å². The van der Waals surface area contributed by atoms with Crippen molar-refractivity contribution in [2.75, 3.05) is 0 Å². The van der Waals surface area contributed by atoms with Crippen LogP contribution in [-0.2, 0) is 11.3 Å². The van der Waals surface area contributed by atoms with Crippen LogP contribution in [0.25, 0.3) is 10.6 Å². The van der Waals surface area contributed by atoms with E-state index >= 15 is 0 Å². The van der Waals surface area contributed by atoms with E-state index in [1.54, 1.807) is 13.0 Å². The van der Waals surface area contributed by atoms with Gasteiger partial charge in [0.15, 0.2) is 5.71 Å². The number of primary amides is 1. The van der Waals surface area contributed by atoms with Crippen LogP contribution in [0.4, 0.5) is 5.69 Å². The maximum absolute atomic E-state index is 12.3. The number of hydrazone groups is 1. The number of nitrogens with two attached hydrogens (primary N) is 2. The number of aromatic nitrogens is 3. The Kier molecular flexibility index (Phi) is 6.55. The highest BCUT2D eigenvalue weighted by Crippen LogP contribution is 2.22. The first-order valence-electron chi connectivity index (χ1n) is 8.73. The Morgan fingerprint density at radius 2 is 1.93 bits per heavy atom. The number of amides is 2. The van der Waals surface area contributed by atoms with Gasteiger partial charge in [0.25, 0.3) is 11.8 Å². The molecule has 0 unspecified atom stereocenters. The summed E-state index contributed by atoms with van der Waals surface area (Å²) in [5.74, 6) is 4.17. The van der Waals surface area contributed by atoms with Gasteiger partial charge in [-0.05, 0) is 19.1 Å². The Morgan fingerprint density at radius 3 is 2.60 bits per heavy atom. The minimum atomic E-state index is -0.635. The van der Waals surface area contributed by atoms with Gasteiger partial charge < -0.3 is 16.9 Å². The second kappa shape index (κ2) is 9.47. The molecule has 3 rings (SSSR count). The van der Waals surface area contributed by atoms with Gasteiger partial charge in [-0.25, -0.2) is 4.98 Å². The summed E-state index contributed by atoms with van der Waals surface area (Å²) in [4.78, 5) is 31.7. The van der Waals surface area contributed by atoms with Crippen molar-refractivity contribution in [3.8, 4) is 10.6 Å². The Hall–Kier alpha value is -3.99. The molecule has 2 heterocycles. The zero-order valence-electron chi connectivity index (χ0n) is 15.9. The number of carbonyl (C=O) groups is 2. The lowest BCUT2D eigenvalue weighted by atomic mass is 10.2. The van der Waals surface area contributed by atoms with Crippen molar-refractivity contribution >= 4 is 40.8 Å². The quantitative estimate of drug-likeness (QED) is 0.296. The number of hydrogen-bond acceptors (Lipinski definition) is 9. The normalized spacial score (nSPS) is 11.6. The molecule has 152 valence electrons. The summed E-state index contributed by atoms with van der Waals surface area (Å²) >= 11 is 1.38. The Bertz CT molecular complexity index is 1120. The van der Waals surface area contributed by atoms with Gasteiger partial charge in [0.05, 0.1) is 24.1 Å². The van der Waals surface area contributed by atoms with Gasteiger partial charge >= 0.3 is 0 Å². The molecule has 0 aliphatic carbocycles. The number of hydrogen-bond donors (Lipinski definition) is 3. The molecule has 0 aliphatic heterocycles. The molecule has 1 aromatic carbocycles. The van der Waals surface area contributed by atoms with Crippen molar-refractivity contribution < 1.29 is 9.59 Å². The number of nitrogens with one attached hydrogen (secondary N) is 1. The fraction of sp³-hybridized carbons (Fsp3) is 0.105. The first kappa shape index (κ1) is 20.7. The van der Waals surface area contributed by atoms with E-state index < -0.39 is 11.8 Å². The van der Waals surface area contributed by atoms with Gasteiger partial charge in [0.2, 0.25) is 0 Å². The lowest BCUT2D eigenvalue weighted by Crippen LogP contribution is -2.32. The highest BCUT2D eigenvalue weighted by molar-refractivity contribution is 7.14. The number of aliphatic imine (C=N–C) groups is 1. The third-order valence-corrected chi connectivity index (χ3v) is 4.87. The van der Waals surface area contributed by atoms with Crippen LogP contribution < -0.4 is 16.9 Å². The largest absolute Gasteiger partial charge is 0.364 e. The molecule has 0 saturated heterocycles. The van der Waals surface area contributed by atoms with Gasteiger partial charge in [-0.1, -0.05) is 41.7 Å². The van der Waals surface area contributed by atoms with Crippen LogP contribution in [0.3, 0.4) is 0 Å². The molecule has 2 amide bonds. The summed E-state index contributed by atoms with van der Waals surface area (Å²) in [5.41, 5.74) is 7.12. The topological polar surface area (TPSA) is 162 Å². The second-order valence-corrected chi connectivity index (χ2v) is 7.05. The molecule has 30 heavy (non-hydrogen) atoms. The number of carbonyl (C=O) groups excluding carboxylic acids is 2. The summed E-state index contributed by atoms with van der Waals surface area (Å²) in [7, 11) is 0. The van der Waals surface area contributed by atoms with Crippen LogP contribution >= 0.6 is 11.3 Å². The number of aryl methyl sites for hydroxylation is 1. The number of pyridine rings is 1. The average Bonchev–Trinajstić information content (AvgIpc) is 3.23. The fourth-order valence-corrected chi connectivity index (χ4v) is 3.16. The highest BCUT2D eigenvalue weighted by Gasteiger charge is 2.12. The Labute approximate surface area is 175 Å². The van der Waals surface area contributed by atoms with Crippen LogP contribution in [0, 0.1) is 6.92 Å². The van der Waals surface area contributed by atoms with Gasteiger partial charge in [0.1, 0.15) is 15.7 Å². The van der Waals surface area contributed by atoms with Crippen molar-refractivity contribution in [3.63, 3.8) is 0 Å². The van der Waals surface area contributed by atoms with Gasteiger partial charge in [0, 0.05) is 5.56 Å². The minimum absolute atomic E-state index is 0.0822. The maximum Gasteiger partial charge on any atom is 0.273 e. The Balaban J connectivity index is 1.62. The number of benzene rings is 1. The summed E-state index contributed by atoms with van der Waals surface area (Å²) in [6.07, 6.45) is 1.22. The summed E-state index contributed by atoms with van der Waals surface area (Å²) < 4.78 is 0. The van der Waals surface area contributed by atoms with Crippen LogP contribution in [-0.4, -0.2) is 38.9 Å². The molecule has 10 nitrogen and oxygen atoms in total. The van der Waals surface area contributed by atoms with Gasteiger partial charge in [-0.15, -0.1) is 10.2 Å². The monoisotopic (exact) mass is 422 g/mol. The van der Waals surface area contributed by atoms with Crippen LogP contribution in [0.1, 0.15) is 21.2 Å². The van der Waals surface area contributed by atoms with E-state index in [0.29, 0.717) is 16.4 Å². The molecule has 0 saturated carbocycles. The summed E-state index contributed by atoms with van der Waals surface area (Å²) in [6, 6.07) is 12.6. The Morgan fingerprint density at radius 1 is 1.17 bits per heavy atom. The van der Waals surface area contributed by atoms with E-state index in [9.17, 15) is 9.59 Å². The number of rotatable bonds is 7. The molecule has 0 spiro atoms. The molecule has 11 heteroatoms. The summed E-state index contributed by atoms with van der Waals surface area (Å²) in [6.45, 7) is 1.84. The maximum atomic E-state index is 12.3. The zero-order chi connectivity index (χ0) is 21.5. The van der Waals surface area contributed by atoms with Gasteiger partial charge in [-0.2, -0.15) is 5.10 Å². The molecule has 0 radical (unpaired) electrons. The summed E-state index contributed by atoms with van der Waals surface area (Å²) in [5, 5.41) is 15.8. The molecule has 5 N–H and O–H groups in total. The first-order chi connectivity index (χ1) is 14.5. The molecule has 0 atom stereocenters. The predicted molar refractivity (Wildman–Crippen MR) is 114 cm³/mol. The van der Waals surface area contributed by atoms with Crippen molar-refractivity contribution in [1.82, 2.24) is 20.5 Å². The van der Waals surface area contributed by atoms with Gasteiger partial charge in [-0.3, -0.25) is 14.6 Å². The van der Waals surface area contributed by atoms with Crippen molar-refractivity contribution in [1.29, 1.82) is 0 Å². The zero-order valence-corrected chi connectivity index (χ0v) is 16.8. The van der Waals surface area contributed by atoms with Crippen LogP contribution in [0.15, 0.2) is 52.6 Å². The molecule has 0 bridgehead atoms. The molecule has 2 aromatic heterocycles. The van der Waals surface area contributed by atoms with E-state index in [0.717, 1.165) is 10.6 Å². The van der Waals surface area contributed by atoms with Crippen LogP contribution in [0.2, 0.25) is 0 Å². The molecule has 0 aliphatic rings.